The lowest BCUT2D eigenvalue weighted by atomic mass is 10.0. The third kappa shape index (κ3) is 7.35. The van der Waals surface area contributed by atoms with Gasteiger partial charge in [0.25, 0.3) is 11.8 Å². The summed E-state index contributed by atoms with van der Waals surface area (Å²) in [7, 11) is -3.53. The van der Waals surface area contributed by atoms with Gasteiger partial charge in [-0.1, -0.05) is 43.6 Å². The number of anilines is 1. The number of hydrogen-bond acceptors (Lipinski definition) is 5. The van der Waals surface area contributed by atoms with Gasteiger partial charge in [0, 0.05) is 46.2 Å². The predicted molar refractivity (Wildman–Crippen MR) is 166 cm³/mol. The smallest absolute Gasteiger partial charge is 0.256 e. The Morgan fingerprint density at radius 1 is 1.07 bits per heavy atom. The number of aromatic nitrogens is 1. The van der Waals surface area contributed by atoms with Crippen LogP contribution in [0.5, 0.6) is 0 Å². The molecule has 0 atom stereocenters. The summed E-state index contributed by atoms with van der Waals surface area (Å²) in [6.45, 7) is 11.0. The van der Waals surface area contributed by atoms with Crippen LogP contribution in [0.3, 0.4) is 0 Å². The van der Waals surface area contributed by atoms with Crippen LogP contribution in [0.1, 0.15) is 57.8 Å². The molecule has 1 aliphatic heterocycles. The molecular weight excluding hydrogens is 560 g/mol. The third-order valence-electron chi connectivity index (χ3n) is 7.18. The van der Waals surface area contributed by atoms with E-state index in [2.05, 4.69) is 34.4 Å². The zero-order valence-corrected chi connectivity index (χ0v) is 25.2. The summed E-state index contributed by atoms with van der Waals surface area (Å²) in [6, 6.07) is 12.0. The van der Waals surface area contributed by atoms with Crippen LogP contribution in [0, 0.1) is 13.8 Å². The van der Waals surface area contributed by atoms with Gasteiger partial charge in [0.1, 0.15) is 0 Å². The zero-order valence-electron chi connectivity index (χ0n) is 23.7. The molecule has 1 aromatic heterocycles. The lowest BCUT2D eigenvalue weighted by Crippen LogP contribution is -2.35. The van der Waals surface area contributed by atoms with Gasteiger partial charge in [0.05, 0.1) is 16.9 Å². The van der Waals surface area contributed by atoms with Gasteiger partial charge in [0.15, 0.2) is 9.84 Å². The highest BCUT2D eigenvalue weighted by atomic mass is 35.5. The first-order valence-electron chi connectivity index (χ1n) is 13.5. The maximum absolute atomic E-state index is 13.0. The standard InChI is InChI=1S/C31H35ClN4O4S/c1-5-36(6-2)15-14-33-31(38)29-20(3)28(34-21(29)4)18-26-25-17-22(9-12-27(25)35-30(26)37)13-16-41(39,40)19-23-7-10-24(32)11-8-23/h7-13,16-18,34H,5-6,14-15,19H2,1-4H3,(H,33,38)(H,35,37)/b16-13+,26-18-. The number of carbonyl (C=O) groups is 2. The number of aromatic amines is 1. The minimum Gasteiger partial charge on any atom is -0.358 e. The number of hydrogen-bond donors (Lipinski definition) is 3. The summed E-state index contributed by atoms with van der Waals surface area (Å²) in [5, 5.41) is 7.58. The summed E-state index contributed by atoms with van der Waals surface area (Å²) in [4.78, 5) is 31.4. The van der Waals surface area contributed by atoms with Gasteiger partial charge >= 0.3 is 0 Å². The van der Waals surface area contributed by atoms with E-state index >= 15 is 0 Å². The van der Waals surface area contributed by atoms with E-state index in [4.69, 9.17) is 11.6 Å². The molecule has 216 valence electrons. The number of sulfone groups is 1. The number of aryl methyl sites for hydroxylation is 1. The topological polar surface area (TPSA) is 111 Å². The Labute approximate surface area is 246 Å². The molecule has 4 rings (SSSR count). The maximum atomic E-state index is 13.0. The molecule has 0 radical (unpaired) electrons. The van der Waals surface area contributed by atoms with Crippen molar-refractivity contribution >= 4 is 56.7 Å². The van der Waals surface area contributed by atoms with Gasteiger partial charge in [-0.25, -0.2) is 8.42 Å². The Morgan fingerprint density at radius 2 is 1.78 bits per heavy atom. The van der Waals surface area contributed by atoms with Gasteiger partial charge in [-0.3, -0.25) is 9.59 Å². The van der Waals surface area contributed by atoms with Crippen LogP contribution in [0.25, 0.3) is 17.7 Å². The quantitative estimate of drug-likeness (QED) is 0.256. The first-order valence-corrected chi connectivity index (χ1v) is 15.6. The first kappa shape index (κ1) is 30.3. The maximum Gasteiger partial charge on any atom is 0.256 e. The Morgan fingerprint density at radius 3 is 2.46 bits per heavy atom. The minimum atomic E-state index is -3.53. The van der Waals surface area contributed by atoms with Gasteiger partial charge in [-0.05, 0) is 80.0 Å². The van der Waals surface area contributed by atoms with E-state index < -0.39 is 9.84 Å². The molecule has 10 heteroatoms. The molecule has 41 heavy (non-hydrogen) atoms. The Hall–Kier alpha value is -3.66. The van der Waals surface area contributed by atoms with Gasteiger partial charge < -0.3 is 20.5 Å². The number of nitrogens with zero attached hydrogens (tertiary/aromatic N) is 1. The highest BCUT2D eigenvalue weighted by Crippen LogP contribution is 2.35. The number of rotatable bonds is 11. The number of amides is 2. The number of likely N-dealkylation sites (N-methyl/N-ethyl adjacent to an activating group) is 1. The molecule has 8 nitrogen and oxygen atoms in total. The fraction of sp³-hybridized carbons (Fsp3) is 0.290. The number of carbonyl (C=O) groups excluding carboxylic acids is 2. The van der Waals surface area contributed by atoms with Gasteiger partial charge in [0.2, 0.25) is 0 Å². The second kappa shape index (κ2) is 12.9. The molecule has 2 amide bonds. The molecule has 3 aromatic rings. The van der Waals surface area contributed by atoms with Crippen molar-refractivity contribution in [3.63, 3.8) is 0 Å². The van der Waals surface area contributed by atoms with Crippen molar-refractivity contribution in [1.29, 1.82) is 0 Å². The van der Waals surface area contributed by atoms with E-state index in [1.54, 1.807) is 48.5 Å². The number of benzene rings is 2. The molecule has 0 aliphatic carbocycles. The van der Waals surface area contributed by atoms with Crippen LogP contribution in [0.15, 0.2) is 47.9 Å². The van der Waals surface area contributed by atoms with E-state index in [9.17, 15) is 18.0 Å². The molecule has 0 saturated carbocycles. The van der Waals surface area contributed by atoms with Crippen molar-refractivity contribution in [2.45, 2.75) is 33.4 Å². The first-order chi connectivity index (χ1) is 19.5. The molecular formula is C31H35ClN4O4S. The molecule has 3 N–H and O–H groups in total. The zero-order chi connectivity index (χ0) is 29.7. The lowest BCUT2D eigenvalue weighted by molar-refractivity contribution is -0.110. The van der Waals surface area contributed by atoms with Crippen LogP contribution in [-0.4, -0.2) is 56.3 Å². The minimum absolute atomic E-state index is 0.145. The SMILES string of the molecule is CCN(CC)CCNC(=O)c1c(C)[nH]c(/C=C2\C(=O)Nc3ccc(/C=C/S(=O)(=O)Cc4ccc(Cl)cc4)cc32)c1C. The number of nitrogens with one attached hydrogen (secondary N) is 3. The normalized spacial score (nSPS) is 14.2. The predicted octanol–water partition coefficient (Wildman–Crippen LogP) is 5.43. The fourth-order valence-electron chi connectivity index (χ4n) is 4.86. The van der Waals surface area contributed by atoms with Crippen LogP contribution in [0.4, 0.5) is 5.69 Å². The summed E-state index contributed by atoms with van der Waals surface area (Å²) in [5.74, 6) is -0.571. The van der Waals surface area contributed by atoms with Crippen molar-refractivity contribution in [3.05, 3.63) is 92.1 Å². The summed E-state index contributed by atoms with van der Waals surface area (Å²) in [6.07, 6.45) is 3.26. The molecule has 0 fully saturated rings. The van der Waals surface area contributed by atoms with Crippen LogP contribution in [-0.2, 0) is 20.4 Å². The summed E-state index contributed by atoms with van der Waals surface area (Å²) in [5.41, 5.74) is 5.70. The Kier molecular flexibility index (Phi) is 9.53. The van der Waals surface area contributed by atoms with Crippen LogP contribution in [0.2, 0.25) is 5.02 Å². The monoisotopic (exact) mass is 594 g/mol. The van der Waals surface area contributed by atoms with E-state index in [1.807, 2.05) is 13.8 Å². The van der Waals surface area contributed by atoms with Gasteiger partial charge in [-0.15, -0.1) is 0 Å². The molecule has 0 bridgehead atoms. The highest BCUT2D eigenvalue weighted by Gasteiger charge is 2.26. The van der Waals surface area contributed by atoms with Crippen molar-refractivity contribution in [1.82, 2.24) is 15.2 Å². The summed E-state index contributed by atoms with van der Waals surface area (Å²) < 4.78 is 25.3. The van der Waals surface area contributed by atoms with E-state index in [-0.39, 0.29) is 17.6 Å². The average molecular weight is 595 g/mol. The van der Waals surface area contributed by atoms with Crippen LogP contribution < -0.4 is 10.6 Å². The number of fused-ring (bicyclic) bond motifs is 1. The second-order valence-electron chi connectivity index (χ2n) is 10.0. The largest absolute Gasteiger partial charge is 0.358 e. The lowest BCUT2D eigenvalue weighted by Gasteiger charge is -2.18. The van der Waals surface area contributed by atoms with Gasteiger partial charge in [-0.2, -0.15) is 0 Å². The fourth-order valence-corrected chi connectivity index (χ4v) is 6.10. The van der Waals surface area contributed by atoms with E-state index in [1.165, 1.54) is 11.5 Å². The molecule has 2 aromatic carbocycles. The second-order valence-corrected chi connectivity index (χ2v) is 12.3. The van der Waals surface area contributed by atoms with Crippen molar-refractivity contribution in [3.8, 4) is 0 Å². The molecule has 0 spiro atoms. The van der Waals surface area contributed by atoms with Crippen LogP contribution >= 0.6 is 11.6 Å². The average Bonchev–Trinajstić information content (AvgIpc) is 3.40. The number of halogens is 1. The Bertz CT molecular complexity index is 1620. The van der Waals surface area contributed by atoms with Crippen molar-refractivity contribution < 1.29 is 18.0 Å². The molecule has 0 unspecified atom stereocenters. The molecule has 0 saturated heterocycles. The van der Waals surface area contributed by atoms with Crippen molar-refractivity contribution in [2.75, 3.05) is 31.5 Å². The third-order valence-corrected chi connectivity index (χ3v) is 8.71. The number of H-pyrrole nitrogens is 1. The molecule has 2 heterocycles. The molecule has 1 aliphatic rings. The highest BCUT2D eigenvalue weighted by molar-refractivity contribution is 7.93. The van der Waals surface area contributed by atoms with E-state index in [0.717, 1.165) is 30.9 Å². The van der Waals surface area contributed by atoms with Crippen molar-refractivity contribution in [2.24, 2.45) is 0 Å². The Balaban J connectivity index is 1.54. The summed E-state index contributed by atoms with van der Waals surface area (Å²) >= 11 is 5.89. The van der Waals surface area contributed by atoms with E-state index in [0.29, 0.717) is 50.8 Å².